The zero-order valence-corrected chi connectivity index (χ0v) is 13.0. The molecule has 0 radical (unpaired) electrons. The van der Waals surface area contributed by atoms with Crippen LogP contribution in [-0.4, -0.2) is 27.4 Å². The van der Waals surface area contributed by atoms with Gasteiger partial charge in [-0.15, -0.1) is 0 Å². The predicted octanol–water partition coefficient (Wildman–Crippen LogP) is 3.04. The molecule has 1 N–H and O–H groups in total. The molecule has 0 saturated carbocycles. The molecule has 110 valence electrons. The van der Waals surface area contributed by atoms with Gasteiger partial charge in [-0.1, -0.05) is 27.7 Å². The topological polar surface area (TPSA) is 42.7 Å². The fraction of sp³-hybridized carbons (Fsp3) is 0.867. The van der Waals surface area contributed by atoms with Crippen LogP contribution in [0.25, 0.3) is 0 Å². The first-order chi connectivity index (χ1) is 9.19. The van der Waals surface area contributed by atoms with Crippen molar-refractivity contribution in [2.75, 3.05) is 6.54 Å². The molecular weight excluding hydrogens is 236 g/mol. The molecule has 1 aromatic rings. The monoisotopic (exact) mass is 266 g/mol. The van der Waals surface area contributed by atoms with E-state index in [1.165, 1.54) is 19.3 Å². The van der Waals surface area contributed by atoms with Crippen LogP contribution < -0.4 is 5.32 Å². The van der Waals surface area contributed by atoms with Crippen LogP contribution in [-0.2, 0) is 13.0 Å². The lowest BCUT2D eigenvalue weighted by Crippen LogP contribution is -2.34. The van der Waals surface area contributed by atoms with Crippen molar-refractivity contribution < 1.29 is 0 Å². The van der Waals surface area contributed by atoms with Crippen LogP contribution in [0.15, 0.2) is 6.33 Å². The molecule has 0 aromatic carbocycles. The van der Waals surface area contributed by atoms with Gasteiger partial charge >= 0.3 is 0 Å². The maximum absolute atomic E-state index is 4.37. The van der Waals surface area contributed by atoms with Crippen LogP contribution >= 0.6 is 0 Å². The van der Waals surface area contributed by atoms with Crippen molar-refractivity contribution in [3.63, 3.8) is 0 Å². The molecule has 1 heterocycles. The first-order valence-corrected chi connectivity index (χ1v) is 7.79. The Labute approximate surface area is 118 Å². The van der Waals surface area contributed by atoms with E-state index in [2.05, 4.69) is 43.1 Å². The molecule has 1 aromatic heterocycles. The SMILES string of the molecule is CCCNC(CCCc1ncnn1CCC)C(C)C. The third-order valence-electron chi connectivity index (χ3n) is 3.51. The van der Waals surface area contributed by atoms with Crippen LogP contribution in [0.1, 0.15) is 59.2 Å². The summed E-state index contributed by atoms with van der Waals surface area (Å²) in [5.74, 6) is 1.83. The number of nitrogens with one attached hydrogen (secondary N) is 1. The van der Waals surface area contributed by atoms with Gasteiger partial charge in [0.05, 0.1) is 0 Å². The number of aromatic nitrogens is 3. The number of hydrogen-bond donors (Lipinski definition) is 1. The van der Waals surface area contributed by atoms with E-state index in [1.54, 1.807) is 6.33 Å². The van der Waals surface area contributed by atoms with Crippen molar-refractivity contribution >= 4 is 0 Å². The van der Waals surface area contributed by atoms with Crippen molar-refractivity contribution in [1.29, 1.82) is 0 Å². The lowest BCUT2D eigenvalue weighted by molar-refractivity contribution is 0.368. The Hall–Kier alpha value is -0.900. The number of rotatable bonds is 10. The van der Waals surface area contributed by atoms with Gasteiger partial charge in [0.25, 0.3) is 0 Å². The normalized spacial score (nSPS) is 13.1. The number of hydrogen-bond acceptors (Lipinski definition) is 3. The quantitative estimate of drug-likeness (QED) is 0.708. The highest BCUT2D eigenvalue weighted by atomic mass is 15.3. The van der Waals surface area contributed by atoms with E-state index in [-0.39, 0.29) is 0 Å². The average molecular weight is 266 g/mol. The van der Waals surface area contributed by atoms with Crippen molar-refractivity contribution in [3.05, 3.63) is 12.2 Å². The molecule has 0 aliphatic carbocycles. The minimum Gasteiger partial charge on any atom is -0.314 e. The third-order valence-corrected chi connectivity index (χ3v) is 3.51. The Kier molecular flexibility index (Phi) is 7.72. The summed E-state index contributed by atoms with van der Waals surface area (Å²) in [6, 6.07) is 0.627. The molecule has 1 unspecified atom stereocenters. The fourth-order valence-corrected chi connectivity index (χ4v) is 2.36. The highest BCUT2D eigenvalue weighted by molar-refractivity contribution is 4.85. The van der Waals surface area contributed by atoms with Gasteiger partial charge in [-0.25, -0.2) is 4.98 Å². The number of aryl methyl sites for hydroxylation is 2. The fourth-order valence-electron chi connectivity index (χ4n) is 2.36. The van der Waals surface area contributed by atoms with Crippen LogP contribution in [0.5, 0.6) is 0 Å². The van der Waals surface area contributed by atoms with Crippen LogP contribution in [0, 0.1) is 5.92 Å². The third kappa shape index (κ3) is 5.72. The van der Waals surface area contributed by atoms with Crippen molar-refractivity contribution in [1.82, 2.24) is 20.1 Å². The van der Waals surface area contributed by atoms with E-state index in [9.17, 15) is 0 Å². The van der Waals surface area contributed by atoms with E-state index >= 15 is 0 Å². The van der Waals surface area contributed by atoms with Gasteiger partial charge in [-0.3, -0.25) is 4.68 Å². The Morgan fingerprint density at radius 2 is 2.05 bits per heavy atom. The average Bonchev–Trinajstić information content (AvgIpc) is 2.81. The largest absolute Gasteiger partial charge is 0.314 e. The van der Waals surface area contributed by atoms with E-state index in [4.69, 9.17) is 0 Å². The molecule has 0 saturated heterocycles. The van der Waals surface area contributed by atoms with E-state index < -0.39 is 0 Å². The van der Waals surface area contributed by atoms with E-state index in [0.717, 1.165) is 31.8 Å². The summed E-state index contributed by atoms with van der Waals surface area (Å²) in [5.41, 5.74) is 0. The summed E-state index contributed by atoms with van der Waals surface area (Å²) in [7, 11) is 0. The van der Waals surface area contributed by atoms with Gasteiger partial charge in [0.2, 0.25) is 0 Å². The molecule has 1 atom stereocenters. The van der Waals surface area contributed by atoms with Gasteiger partial charge in [0, 0.05) is 19.0 Å². The van der Waals surface area contributed by atoms with Gasteiger partial charge in [0.15, 0.2) is 0 Å². The molecular formula is C15H30N4. The first kappa shape index (κ1) is 16.2. The van der Waals surface area contributed by atoms with Crippen LogP contribution in [0.2, 0.25) is 0 Å². The van der Waals surface area contributed by atoms with Crippen molar-refractivity contribution in [2.24, 2.45) is 5.92 Å². The zero-order valence-electron chi connectivity index (χ0n) is 13.0. The maximum atomic E-state index is 4.37. The molecule has 0 aliphatic rings. The Morgan fingerprint density at radius 1 is 1.26 bits per heavy atom. The minimum atomic E-state index is 0.627. The summed E-state index contributed by atoms with van der Waals surface area (Å²) in [6.45, 7) is 11.1. The lowest BCUT2D eigenvalue weighted by Gasteiger charge is -2.22. The van der Waals surface area contributed by atoms with E-state index in [0.29, 0.717) is 12.0 Å². The summed E-state index contributed by atoms with van der Waals surface area (Å²) in [6.07, 6.45) is 7.44. The Morgan fingerprint density at radius 3 is 2.68 bits per heavy atom. The molecule has 0 aliphatic heterocycles. The van der Waals surface area contributed by atoms with Gasteiger partial charge in [-0.05, 0) is 38.1 Å². The molecule has 0 amide bonds. The second-order valence-corrected chi connectivity index (χ2v) is 5.60. The standard InChI is InChI=1S/C15H30N4/c1-5-10-16-14(13(3)4)8-7-9-15-17-12-18-19(15)11-6-2/h12-14,16H,5-11H2,1-4H3. The summed E-state index contributed by atoms with van der Waals surface area (Å²) in [5, 5.41) is 7.92. The summed E-state index contributed by atoms with van der Waals surface area (Å²) in [4.78, 5) is 4.37. The molecule has 4 heteroatoms. The number of nitrogens with zero attached hydrogens (tertiary/aromatic N) is 3. The molecule has 0 spiro atoms. The second kappa shape index (κ2) is 9.08. The van der Waals surface area contributed by atoms with Gasteiger partial charge < -0.3 is 5.32 Å². The predicted molar refractivity (Wildman–Crippen MR) is 80.2 cm³/mol. The molecule has 0 bridgehead atoms. The molecule has 1 rings (SSSR count). The van der Waals surface area contributed by atoms with Crippen molar-refractivity contribution in [2.45, 2.75) is 72.4 Å². The summed E-state index contributed by atoms with van der Waals surface area (Å²) < 4.78 is 2.05. The molecule has 0 fully saturated rings. The Balaban J connectivity index is 2.36. The summed E-state index contributed by atoms with van der Waals surface area (Å²) >= 11 is 0. The Bertz CT molecular complexity index is 333. The highest BCUT2D eigenvalue weighted by Crippen LogP contribution is 2.11. The van der Waals surface area contributed by atoms with Crippen LogP contribution in [0.3, 0.4) is 0 Å². The zero-order chi connectivity index (χ0) is 14.1. The smallest absolute Gasteiger partial charge is 0.138 e. The molecule has 19 heavy (non-hydrogen) atoms. The minimum absolute atomic E-state index is 0.627. The molecule has 4 nitrogen and oxygen atoms in total. The van der Waals surface area contributed by atoms with Gasteiger partial charge in [-0.2, -0.15) is 5.10 Å². The van der Waals surface area contributed by atoms with E-state index in [1.807, 2.05) is 4.68 Å². The first-order valence-electron chi connectivity index (χ1n) is 7.79. The maximum Gasteiger partial charge on any atom is 0.138 e. The highest BCUT2D eigenvalue weighted by Gasteiger charge is 2.12. The van der Waals surface area contributed by atoms with Gasteiger partial charge in [0.1, 0.15) is 12.2 Å². The lowest BCUT2D eigenvalue weighted by atomic mass is 9.98. The second-order valence-electron chi connectivity index (χ2n) is 5.60. The van der Waals surface area contributed by atoms with Crippen molar-refractivity contribution in [3.8, 4) is 0 Å². The van der Waals surface area contributed by atoms with Crippen LogP contribution in [0.4, 0.5) is 0 Å².